The van der Waals surface area contributed by atoms with E-state index in [1.807, 2.05) is 32.6 Å². The van der Waals surface area contributed by atoms with Gasteiger partial charge in [0.25, 0.3) is 0 Å². The van der Waals surface area contributed by atoms with Crippen LogP contribution in [0.3, 0.4) is 0 Å². The summed E-state index contributed by atoms with van der Waals surface area (Å²) in [6.45, 7) is 1.88. The highest BCUT2D eigenvalue weighted by Crippen LogP contribution is 2.17. The Morgan fingerprint density at radius 2 is 2.50 bits per heavy atom. The average molecular weight is 209 g/mol. The second-order valence-electron chi connectivity index (χ2n) is 2.63. The quantitative estimate of drug-likeness (QED) is 0.326. The summed E-state index contributed by atoms with van der Waals surface area (Å²) in [6, 6.07) is 0. The minimum atomic E-state index is 0.573. The van der Waals surface area contributed by atoms with Gasteiger partial charge >= 0.3 is 0 Å². The number of nitrogens with zero attached hydrogens (tertiary/aromatic N) is 4. The van der Waals surface area contributed by atoms with E-state index in [0.29, 0.717) is 5.17 Å². The zero-order chi connectivity index (χ0) is 10.6. The zero-order valence-corrected chi connectivity index (χ0v) is 9.09. The van der Waals surface area contributed by atoms with Crippen molar-refractivity contribution >= 4 is 22.6 Å². The lowest BCUT2D eigenvalue weighted by Gasteiger charge is -1.97. The fourth-order valence-corrected chi connectivity index (χ4v) is 1.32. The maximum absolute atomic E-state index is 8.44. The summed E-state index contributed by atoms with van der Waals surface area (Å²) in [5.41, 5.74) is 1.62. The van der Waals surface area contributed by atoms with Crippen molar-refractivity contribution in [3.8, 4) is 6.19 Å². The SMILES string of the molecule is CSC(=Nc1cn(C)nc1C)NC#N. The third-order valence-electron chi connectivity index (χ3n) is 1.57. The largest absolute Gasteiger partial charge is 0.273 e. The first kappa shape index (κ1) is 10.6. The lowest BCUT2D eigenvalue weighted by molar-refractivity contribution is 0.756. The Morgan fingerprint density at radius 3 is 2.93 bits per heavy atom. The van der Waals surface area contributed by atoms with Crippen LogP contribution in [-0.2, 0) is 7.05 Å². The minimum absolute atomic E-state index is 0.573. The Bertz CT molecular complexity index is 387. The van der Waals surface area contributed by atoms with Crippen LogP contribution in [0.2, 0.25) is 0 Å². The van der Waals surface area contributed by atoms with E-state index in [4.69, 9.17) is 5.26 Å². The second-order valence-corrected chi connectivity index (χ2v) is 3.43. The molecule has 1 aromatic rings. The second kappa shape index (κ2) is 4.67. The van der Waals surface area contributed by atoms with Crippen molar-refractivity contribution < 1.29 is 0 Å². The molecule has 14 heavy (non-hydrogen) atoms. The van der Waals surface area contributed by atoms with Gasteiger partial charge in [-0.05, 0) is 13.2 Å². The van der Waals surface area contributed by atoms with Gasteiger partial charge in [-0.25, -0.2) is 4.99 Å². The Balaban J connectivity index is 2.95. The summed E-state index contributed by atoms with van der Waals surface area (Å²) < 4.78 is 1.69. The van der Waals surface area contributed by atoms with Gasteiger partial charge in [-0.3, -0.25) is 10.00 Å². The molecule has 1 rings (SSSR count). The number of thioether (sulfide) groups is 1. The Labute approximate surface area is 86.8 Å². The van der Waals surface area contributed by atoms with Crippen LogP contribution in [0.1, 0.15) is 5.69 Å². The molecule has 1 N–H and O–H groups in total. The third kappa shape index (κ3) is 2.50. The molecule has 0 aromatic carbocycles. The first-order valence-corrected chi connectivity index (χ1v) is 5.18. The maximum Gasteiger partial charge on any atom is 0.183 e. The van der Waals surface area contributed by atoms with Gasteiger partial charge in [-0.15, -0.1) is 0 Å². The van der Waals surface area contributed by atoms with Crippen LogP contribution in [0.25, 0.3) is 0 Å². The van der Waals surface area contributed by atoms with E-state index < -0.39 is 0 Å². The lowest BCUT2D eigenvalue weighted by Crippen LogP contribution is -2.12. The van der Waals surface area contributed by atoms with Crippen molar-refractivity contribution in [1.29, 1.82) is 5.26 Å². The molecule has 0 spiro atoms. The summed E-state index contributed by atoms with van der Waals surface area (Å²) >= 11 is 1.39. The van der Waals surface area contributed by atoms with E-state index in [1.165, 1.54) is 11.8 Å². The van der Waals surface area contributed by atoms with Gasteiger partial charge in [0.2, 0.25) is 0 Å². The number of amidine groups is 1. The van der Waals surface area contributed by atoms with Gasteiger partial charge in [-0.2, -0.15) is 10.4 Å². The smallest absolute Gasteiger partial charge is 0.183 e. The molecule has 0 aliphatic heterocycles. The van der Waals surface area contributed by atoms with E-state index in [1.54, 1.807) is 4.68 Å². The number of aromatic nitrogens is 2. The van der Waals surface area contributed by atoms with Crippen molar-refractivity contribution in [3.05, 3.63) is 11.9 Å². The van der Waals surface area contributed by atoms with E-state index in [9.17, 15) is 0 Å². The lowest BCUT2D eigenvalue weighted by atomic mass is 10.4. The van der Waals surface area contributed by atoms with Gasteiger partial charge in [0.05, 0.1) is 11.9 Å². The number of nitrogens with one attached hydrogen (secondary N) is 1. The standard InChI is InChI=1S/C8H11N5S/c1-6-7(4-13(2)12-6)11-8(14-3)10-5-9/h4H,1-3H3,(H,10,11). The number of hydrogen-bond donors (Lipinski definition) is 1. The predicted molar refractivity (Wildman–Crippen MR) is 57.3 cm³/mol. The molecule has 0 saturated heterocycles. The molecule has 0 unspecified atom stereocenters. The van der Waals surface area contributed by atoms with E-state index in [0.717, 1.165) is 11.4 Å². The predicted octanol–water partition coefficient (Wildman–Crippen LogP) is 1.15. The zero-order valence-electron chi connectivity index (χ0n) is 8.27. The Morgan fingerprint density at radius 1 is 1.79 bits per heavy atom. The average Bonchev–Trinajstić information content (AvgIpc) is 2.44. The van der Waals surface area contributed by atoms with Crippen molar-refractivity contribution in [2.45, 2.75) is 6.92 Å². The summed E-state index contributed by atoms with van der Waals surface area (Å²) in [5, 5.41) is 15.7. The Kier molecular flexibility index (Phi) is 3.54. The van der Waals surface area contributed by atoms with Gasteiger partial charge in [0.1, 0.15) is 5.69 Å². The molecule has 0 radical (unpaired) electrons. The van der Waals surface area contributed by atoms with Crippen LogP contribution in [0, 0.1) is 18.4 Å². The van der Waals surface area contributed by atoms with Crippen LogP contribution in [0.5, 0.6) is 0 Å². The summed E-state index contributed by atoms with van der Waals surface area (Å²) in [7, 11) is 1.84. The van der Waals surface area contributed by atoms with Gasteiger partial charge in [0, 0.05) is 7.05 Å². The topological polar surface area (TPSA) is 66.0 Å². The molecular weight excluding hydrogens is 198 g/mol. The van der Waals surface area contributed by atoms with Gasteiger partial charge < -0.3 is 0 Å². The highest BCUT2D eigenvalue weighted by molar-refractivity contribution is 8.13. The van der Waals surface area contributed by atoms with Crippen LogP contribution in [0.15, 0.2) is 11.2 Å². The molecule has 0 aliphatic carbocycles. The number of rotatable bonds is 1. The molecular formula is C8H11N5S. The maximum atomic E-state index is 8.44. The van der Waals surface area contributed by atoms with E-state index in [2.05, 4.69) is 15.4 Å². The molecule has 0 amide bonds. The summed E-state index contributed by atoms with van der Waals surface area (Å²) in [6.07, 6.45) is 5.50. The van der Waals surface area contributed by atoms with Crippen LogP contribution in [-0.4, -0.2) is 21.2 Å². The monoisotopic (exact) mass is 209 g/mol. The number of aliphatic imine (C=N–C) groups is 1. The van der Waals surface area contributed by atoms with E-state index in [-0.39, 0.29) is 0 Å². The first-order valence-electron chi connectivity index (χ1n) is 3.95. The van der Waals surface area contributed by atoms with Gasteiger partial charge in [-0.1, -0.05) is 11.8 Å². The molecule has 6 heteroatoms. The molecule has 74 valence electrons. The highest BCUT2D eigenvalue weighted by atomic mass is 32.2. The minimum Gasteiger partial charge on any atom is -0.273 e. The highest BCUT2D eigenvalue weighted by Gasteiger charge is 2.02. The van der Waals surface area contributed by atoms with Gasteiger partial charge in [0.15, 0.2) is 11.4 Å². The fraction of sp³-hybridized carbons (Fsp3) is 0.375. The number of aryl methyl sites for hydroxylation is 2. The first-order chi connectivity index (χ1) is 6.67. The molecule has 0 atom stereocenters. The molecule has 0 fully saturated rings. The number of nitriles is 1. The summed E-state index contributed by atoms with van der Waals surface area (Å²) in [5.74, 6) is 0. The normalized spacial score (nSPS) is 11.1. The summed E-state index contributed by atoms with van der Waals surface area (Å²) in [4.78, 5) is 4.25. The van der Waals surface area contributed by atoms with Crippen molar-refractivity contribution in [2.24, 2.45) is 12.0 Å². The third-order valence-corrected chi connectivity index (χ3v) is 2.15. The van der Waals surface area contributed by atoms with Crippen LogP contribution >= 0.6 is 11.8 Å². The molecule has 1 heterocycles. The van der Waals surface area contributed by atoms with Crippen LogP contribution < -0.4 is 5.32 Å². The van der Waals surface area contributed by atoms with Crippen molar-refractivity contribution in [1.82, 2.24) is 15.1 Å². The van der Waals surface area contributed by atoms with E-state index >= 15 is 0 Å². The molecule has 1 aromatic heterocycles. The molecule has 0 saturated carbocycles. The Hall–Kier alpha value is -1.48. The molecule has 0 aliphatic rings. The van der Waals surface area contributed by atoms with Crippen LogP contribution in [0.4, 0.5) is 5.69 Å². The molecule has 5 nitrogen and oxygen atoms in total. The van der Waals surface area contributed by atoms with Crippen molar-refractivity contribution in [3.63, 3.8) is 0 Å². The molecule has 0 bridgehead atoms. The fourth-order valence-electron chi connectivity index (χ4n) is 0.979. The number of hydrogen-bond acceptors (Lipinski definition) is 4. The van der Waals surface area contributed by atoms with Crippen molar-refractivity contribution in [2.75, 3.05) is 6.26 Å².